The first-order valence-corrected chi connectivity index (χ1v) is 4.20. The van der Waals surface area contributed by atoms with Crippen molar-refractivity contribution in [3.05, 3.63) is 0 Å². The first-order chi connectivity index (χ1) is 5.70. The average Bonchev–Trinajstić information content (AvgIpc) is 2.45. The molecule has 1 N–H and O–H groups in total. The van der Waals surface area contributed by atoms with Crippen molar-refractivity contribution < 1.29 is 19.3 Å². The highest BCUT2D eigenvalue weighted by Crippen LogP contribution is 2.22. The first kappa shape index (κ1) is 9.92. The van der Waals surface area contributed by atoms with Gasteiger partial charge in [-0.1, -0.05) is 0 Å². The number of hydrogen-bond acceptors (Lipinski definition) is 4. The maximum atomic E-state index is 8.88. The van der Waals surface area contributed by atoms with Crippen LogP contribution in [0.25, 0.3) is 0 Å². The minimum absolute atomic E-state index is 0.0397. The third-order valence-corrected chi connectivity index (χ3v) is 1.79. The summed E-state index contributed by atoms with van der Waals surface area (Å²) in [5.41, 5.74) is 0. The van der Waals surface area contributed by atoms with Crippen LogP contribution in [0.2, 0.25) is 0 Å². The Morgan fingerprint density at radius 2 is 2.42 bits per heavy atom. The minimum atomic E-state index is -0.818. The van der Waals surface area contributed by atoms with Crippen LogP contribution in [0.5, 0.6) is 0 Å². The minimum Gasteiger partial charge on any atom is -0.391 e. The van der Waals surface area contributed by atoms with Crippen molar-refractivity contribution in [2.75, 3.05) is 26.4 Å². The van der Waals surface area contributed by atoms with E-state index in [0.29, 0.717) is 19.8 Å². The molecule has 4 nitrogen and oxygen atoms in total. The highest BCUT2D eigenvalue weighted by Gasteiger charge is 2.36. The maximum absolute atomic E-state index is 8.88. The standard InChI is InChI=1S/C8H16O4/c1-3-10-4-7-5-11-8(2,6-9)12-7/h7,9H,3-6H2,1-2H3. The Hall–Kier alpha value is -0.160. The van der Waals surface area contributed by atoms with E-state index in [4.69, 9.17) is 19.3 Å². The summed E-state index contributed by atoms with van der Waals surface area (Å²) in [5.74, 6) is -0.818. The molecular formula is C8H16O4. The zero-order valence-corrected chi connectivity index (χ0v) is 7.58. The zero-order chi connectivity index (χ0) is 9.03. The Morgan fingerprint density at radius 3 is 2.92 bits per heavy atom. The van der Waals surface area contributed by atoms with Gasteiger partial charge in [0.15, 0.2) is 5.79 Å². The van der Waals surface area contributed by atoms with Crippen LogP contribution in [-0.4, -0.2) is 43.4 Å². The molecule has 1 saturated heterocycles. The van der Waals surface area contributed by atoms with E-state index in [2.05, 4.69) is 0 Å². The molecule has 1 aliphatic heterocycles. The zero-order valence-electron chi connectivity index (χ0n) is 7.58. The number of hydrogen-bond donors (Lipinski definition) is 1. The van der Waals surface area contributed by atoms with E-state index < -0.39 is 5.79 Å². The van der Waals surface area contributed by atoms with Crippen LogP contribution in [0.1, 0.15) is 13.8 Å². The summed E-state index contributed by atoms with van der Waals surface area (Å²) in [7, 11) is 0. The van der Waals surface area contributed by atoms with E-state index in [1.807, 2.05) is 6.92 Å². The summed E-state index contributed by atoms with van der Waals surface area (Å²) in [6, 6.07) is 0. The lowest BCUT2D eigenvalue weighted by atomic mass is 10.3. The van der Waals surface area contributed by atoms with E-state index in [0.717, 1.165) is 0 Å². The molecule has 0 saturated carbocycles. The highest BCUT2D eigenvalue weighted by molar-refractivity contribution is 4.73. The second-order valence-corrected chi connectivity index (χ2v) is 3.00. The highest BCUT2D eigenvalue weighted by atomic mass is 16.8. The molecule has 2 unspecified atom stereocenters. The summed E-state index contributed by atoms with van der Waals surface area (Å²) in [5, 5.41) is 8.88. The molecule has 1 aliphatic rings. The Kier molecular flexibility index (Phi) is 3.46. The smallest absolute Gasteiger partial charge is 0.189 e. The van der Waals surface area contributed by atoms with Gasteiger partial charge in [0.25, 0.3) is 0 Å². The second kappa shape index (κ2) is 4.18. The number of aliphatic hydroxyl groups is 1. The topological polar surface area (TPSA) is 47.9 Å². The lowest BCUT2D eigenvalue weighted by Crippen LogP contribution is -2.31. The molecule has 1 rings (SSSR count). The fourth-order valence-corrected chi connectivity index (χ4v) is 1.10. The van der Waals surface area contributed by atoms with Gasteiger partial charge >= 0.3 is 0 Å². The van der Waals surface area contributed by atoms with Crippen LogP contribution in [0, 0.1) is 0 Å². The number of ether oxygens (including phenoxy) is 3. The molecule has 12 heavy (non-hydrogen) atoms. The van der Waals surface area contributed by atoms with Crippen LogP contribution in [0.15, 0.2) is 0 Å². The van der Waals surface area contributed by atoms with Gasteiger partial charge in [-0.2, -0.15) is 0 Å². The molecule has 1 fully saturated rings. The molecule has 0 aromatic rings. The molecule has 0 aliphatic carbocycles. The third kappa shape index (κ3) is 2.42. The number of rotatable bonds is 4. The Labute approximate surface area is 72.4 Å². The molecule has 0 radical (unpaired) electrons. The fraction of sp³-hybridized carbons (Fsp3) is 1.00. The fourth-order valence-electron chi connectivity index (χ4n) is 1.10. The van der Waals surface area contributed by atoms with E-state index in [-0.39, 0.29) is 12.7 Å². The lowest BCUT2D eigenvalue weighted by molar-refractivity contribution is -0.182. The first-order valence-electron chi connectivity index (χ1n) is 4.20. The van der Waals surface area contributed by atoms with Crippen molar-refractivity contribution in [1.29, 1.82) is 0 Å². The molecule has 0 amide bonds. The third-order valence-electron chi connectivity index (χ3n) is 1.79. The molecule has 2 atom stereocenters. The predicted octanol–water partition coefficient (Wildman–Crippen LogP) is 0.147. The van der Waals surface area contributed by atoms with E-state index in [1.165, 1.54) is 0 Å². The van der Waals surface area contributed by atoms with Gasteiger partial charge in [0, 0.05) is 6.61 Å². The van der Waals surface area contributed by atoms with E-state index in [1.54, 1.807) is 6.92 Å². The van der Waals surface area contributed by atoms with Gasteiger partial charge in [0.05, 0.1) is 19.8 Å². The van der Waals surface area contributed by atoms with Crippen LogP contribution in [-0.2, 0) is 14.2 Å². The second-order valence-electron chi connectivity index (χ2n) is 3.00. The van der Waals surface area contributed by atoms with Gasteiger partial charge in [-0.15, -0.1) is 0 Å². The van der Waals surface area contributed by atoms with Gasteiger partial charge in [-0.3, -0.25) is 0 Å². The normalized spacial score (nSPS) is 35.8. The van der Waals surface area contributed by atoms with Crippen molar-refractivity contribution in [1.82, 2.24) is 0 Å². The van der Waals surface area contributed by atoms with Crippen molar-refractivity contribution in [3.8, 4) is 0 Å². The van der Waals surface area contributed by atoms with Crippen molar-refractivity contribution in [2.45, 2.75) is 25.7 Å². The summed E-state index contributed by atoms with van der Waals surface area (Å²) < 4.78 is 15.8. The molecule has 4 heteroatoms. The predicted molar refractivity (Wildman–Crippen MR) is 42.8 cm³/mol. The molecule has 72 valence electrons. The molecule has 0 aromatic carbocycles. The largest absolute Gasteiger partial charge is 0.391 e. The van der Waals surface area contributed by atoms with Crippen LogP contribution < -0.4 is 0 Å². The van der Waals surface area contributed by atoms with Gasteiger partial charge in [0.1, 0.15) is 6.10 Å². The van der Waals surface area contributed by atoms with Crippen molar-refractivity contribution in [2.24, 2.45) is 0 Å². The van der Waals surface area contributed by atoms with Gasteiger partial charge in [0.2, 0.25) is 0 Å². The van der Waals surface area contributed by atoms with E-state index in [9.17, 15) is 0 Å². The van der Waals surface area contributed by atoms with Crippen LogP contribution in [0.4, 0.5) is 0 Å². The summed E-state index contributed by atoms with van der Waals surface area (Å²) in [6.07, 6.45) is -0.0397. The Morgan fingerprint density at radius 1 is 1.67 bits per heavy atom. The lowest BCUT2D eigenvalue weighted by Gasteiger charge is -2.19. The van der Waals surface area contributed by atoms with Gasteiger partial charge < -0.3 is 19.3 Å². The van der Waals surface area contributed by atoms with E-state index >= 15 is 0 Å². The number of aliphatic hydroxyl groups excluding tert-OH is 1. The van der Waals surface area contributed by atoms with Crippen LogP contribution >= 0.6 is 0 Å². The van der Waals surface area contributed by atoms with Crippen molar-refractivity contribution in [3.63, 3.8) is 0 Å². The van der Waals surface area contributed by atoms with Gasteiger partial charge in [-0.25, -0.2) is 0 Å². The summed E-state index contributed by atoms with van der Waals surface area (Å²) in [4.78, 5) is 0. The Balaban J connectivity index is 2.25. The van der Waals surface area contributed by atoms with Crippen LogP contribution in [0.3, 0.4) is 0 Å². The monoisotopic (exact) mass is 176 g/mol. The van der Waals surface area contributed by atoms with Gasteiger partial charge in [-0.05, 0) is 13.8 Å². The summed E-state index contributed by atoms with van der Waals surface area (Å²) >= 11 is 0. The molecular weight excluding hydrogens is 160 g/mol. The molecule has 0 bridgehead atoms. The quantitative estimate of drug-likeness (QED) is 0.662. The molecule has 0 spiro atoms. The average molecular weight is 176 g/mol. The maximum Gasteiger partial charge on any atom is 0.189 e. The molecule has 1 heterocycles. The molecule has 0 aromatic heterocycles. The van der Waals surface area contributed by atoms with Crippen molar-refractivity contribution >= 4 is 0 Å². The SMILES string of the molecule is CCOCC1COC(C)(CO)O1. The summed E-state index contributed by atoms with van der Waals surface area (Å²) in [6.45, 7) is 5.24. The Bertz CT molecular complexity index is 137.